The fourth-order valence-electron chi connectivity index (χ4n) is 1.32. The van der Waals surface area contributed by atoms with Crippen molar-refractivity contribution in [1.29, 1.82) is 0 Å². The Kier molecular flexibility index (Phi) is 4.53. The molecule has 2 aromatic rings. The van der Waals surface area contributed by atoms with Gasteiger partial charge in [-0.25, -0.2) is 0 Å². The molecule has 0 aliphatic heterocycles. The van der Waals surface area contributed by atoms with Gasteiger partial charge in [0.2, 0.25) is 5.13 Å². The normalized spacial score (nSPS) is 9.53. The number of hydrogen-bond acceptors (Lipinski definition) is 6. The van der Waals surface area contributed by atoms with Crippen molar-refractivity contribution in [2.24, 2.45) is 0 Å². The van der Waals surface area contributed by atoms with Crippen molar-refractivity contribution in [3.8, 4) is 22.1 Å². The van der Waals surface area contributed by atoms with Crippen LogP contribution in [0.5, 0.6) is 11.5 Å². The summed E-state index contributed by atoms with van der Waals surface area (Å²) in [5, 5.41) is 8.91. The maximum atomic E-state index is 5.54. The van der Waals surface area contributed by atoms with Gasteiger partial charge in [-0.15, -0.1) is 22.6 Å². The number of nitrogens with zero attached hydrogens (tertiary/aromatic N) is 2. The molecule has 0 atom stereocenters. The third-order valence-corrected chi connectivity index (χ3v) is 2.87. The van der Waals surface area contributed by atoms with Gasteiger partial charge < -0.3 is 15.2 Å². The van der Waals surface area contributed by atoms with Gasteiger partial charge in [-0.05, 0) is 12.1 Å². The van der Waals surface area contributed by atoms with Gasteiger partial charge in [0.25, 0.3) is 0 Å². The molecule has 0 unspecified atom stereocenters. The number of nitrogen functional groups attached to an aromatic ring is 1. The number of methoxy groups -OCH3 is 2. The van der Waals surface area contributed by atoms with E-state index < -0.39 is 0 Å². The van der Waals surface area contributed by atoms with Crippen LogP contribution in [-0.4, -0.2) is 24.4 Å². The fourth-order valence-corrected chi connectivity index (χ4v) is 1.96. The van der Waals surface area contributed by atoms with Crippen LogP contribution in [0.1, 0.15) is 0 Å². The van der Waals surface area contributed by atoms with Gasteiger partial charge in [-0.2, -0.15) is 0 Å². The number of halogens is 1. The van der Waals surface area contributed by atoms with Gasteiger partial charge in [0.1, 0.15) is 11.5 Å². The Labute approximate surface area is 109 Å². The van der Waals surface area contributed by atoms with Crippen LogP contribution in [0.4, 0.5) is 5.13 Å². The minimum atomic E-state index is 0. The SMILES string of the molecule is COc1ccc(-c2nnc(N)s2)c(OC)c1.Cl. The first kappa shape index (κ1) is 13.5. The first-order valence-electron chi connectivity index (χ1n) is 4.56. The minimum absolute atomic E-state index is 0. The Balaban J connectivity index is 0.00000144. The second kappa shape index (κ2) is 5.70. The predicted molar refractivity (Wildman–Crippen MR) is 70.1 cm³/mol. The summed E-state index contributed by atoms with van der Waals surface area (Å²) in [6.45, 7) is 0. The van der Waals surface area contributed by atoms with Gasteiger partial charge in [-0.3, -0.25) is 0 Å². The van der Waals surface area contributed by atoms with Crippen LogP contribution in [0.2, 0.25) is 0 Å². The van der Waals surface area contributed by atoms with E-state index in [2.05, 4.69) is 10.2 Å². The highest BCUT2D eigenvalue weighted by Gasteiger charge is 2.11. The number of hydrogen-bond donors (Lipinski definition) is 1. The Morgan fingerprint density at radius 1 is 1.18 bits per heavy atom. The zero-order valence-electron chi connectivity index (χ0n) is 9.34. The molecule has 0 aliphatic rings. The van der Waals surface area contributed by atoms with E-state index in [1.54, 1.807) is 20.3 Å². The summed E-state index contributed by atoms with van der Waals surface area (Å²) in [5.74, 6) is 1.42. The molecule has 0 saturated carbocycles. The van der Waals surface area contributed by atoms with Crippen molar-refractivity contribution in [3.63, 3.8) is 0 Å². The quantitative estimate of drug-likeness (QED) is 0.929. The molecule has 0 fully saturated rings. The lowest BCUT2D eigenvalue weighted by Crippen LogP contribution is -1.90. The molecule has 0 saturated heterocycles. The van der Waals surface area contributed by atoms with Crippen LogP contribution in [0.25, 0.3) is 10.6 Å². The largest absolute Gasteiger partial charge is 0.497 e. The van der Waals surface area contributed by atoms with Crippen molar-refractivity contribution in [2.45, 2.75) is 0 Å². The highest BCUT2D eigenvalue weighted by molar-refractivity contribution is 7.18. The van der Waals surface area contributed by atoms with E-state index >= 15 is 0 Å². The molecule has 1 aromatic carbocycles. The lowest BCUT2D eigenvalue weighted by atomic mass is 10.2. The smallest absolute Gasteiger partial charge is 0.203 e. The summed E-state index contributed by atoms with van der Waals surface area (Å²) in [4.78, 5) is 0. The minimum Gasteiger partial charge on any atom is -0.497 e. The van der Waals surface area contributed by atoms with Crippen LogP contribution in [0, 0.1) is 0 Å². The Morgan fingerprint density at radius 3 is 2.47 bits per heavy atom. The molecule has 92 valence electrons. The molecule has 0 amide bonds. The Morgan fingerprint density at radius 2 is 1.94 bits per heavy atom. The van der Waals surface area contributed by atoms with E-state index in [1.807, 2.05) is 12.1 Å². The summed E-state index contributed by atoms with van der Waals surface area (Å²) < 4.78 is 10.4. The number of anilines is 1. The average Bonchev–Trinajstić information content (AvgIpc) is 2.74. The maximum absolute atomic E-state index is 5.54. The lowest BCUT2D eigenvalue weighted by molar-refractivity contribution is 0.395. The summed E-state index contributed by atoms with van der Waals surface area (Å²) in [6.07, 6.45) is 0. The van der Waals surface area contributed by atoms with E-state index in [0.29, 0.717) is 10.9 Å². The van der Waals surface area contributed by atoms with Crippen LogP contribution in [-0.2, 0) is 0 Å². The van der Waals surface area contributed by atoms with E-state index in [4.69, 9.17) is 15.2 Å². The number of rotatable bonds is 3. The topological polar surface area (TPSA) is 70.3 Å². The molecule has 0 spiro atoms. The molecular weight excluding hydrogens is 262 g/mol. The first-order chi connectivity index (χ1) is 7.74. The van der Waals surface area contributed by atoms with Gasteiger partial charge >= 0.3 is 0 Å². The third-order valence-electron chi connectivity index (χ3n) is 2.08. The second-order valence-corrected chi connectivity index (χ2v) is 4.02. The highest BCUT2D eigenvalue weighted by Crippen LogP contribution is 2.35. The Hall–Kier alpha value is -1.53. The molecule has 0 radical (unpaired) electrons. The molecule has 2 N–H and O–H groups in total. The Bertz CT molecular complexity index is 504. The maximum Gasteiger partial charge on any atom is 0.203 e. The van der Waals surface area contributed by atoms with Crippen LogP contribution < -0.4 is 15.2 Å². The van der Waals surface area contributed by atoms with Gasteiger partial charge in [0.15, 0.2) is 5.01 Å². The van der Waals surface area contributed by atoms with Gasteiger partial charge in [0.05, 0.1) is 19.8 Å². The molecule has 7 heteroatoms. The monoisotopic (exact) mass is 273 g/mol. The third kappa shape index (κ3) is 2.78. The molecule has 2 rings (SSSR count). The van der Waals surface area contributed by atoms with Crippen molar-refractivity contribution in [1.82, 2.24) is 10.2 Å². The molecule has 1 aromatic heterocycles. The van der Waals surface area contributed by atoms with Crippen molar-refractivity contribution in [2.75, 3.05) is 20.0 Å². The van der Waals surface area contributed by atoms with Crippen LogP contribution in [0.3, 0.4) is 0 Å². The summed E-state index contributed by atoms with van der Waals surface area (Å²) in [6, 6.07) is 5.51. The van der Waals surface area contributed by atoms with Crippen LogP contribution in [0.15, 0.2) is 18.2 Å². The standard InChI is InChI=1S/C10H11N3O2S.ClH/c1-14-6-3-4-7(8(5-6)15-2)9-12-13-10(11)16-9;/h3-5H,1-2H3,(H2,11,13);1H. The number of ether oxygens (including phenoxy) is 2. The predicted octanol–water partition coefficient (Wildman–Crippen LogP) is 2.23. The zero-order valence-corrected chi connectivity index (χ0v) is 11.0. The van der Waals surface area contributed by atoms with Crippen molar-refractivity contribution in [3.05, 3.63) is 18.2 Å². The van der Waals surface area contributed by atoms with E-state index in [9.17, 15) is 0 Å². The van der Waals surface area contributed by atoms with E-state index in [0.717, 1.165) is 16.3 Å². The summed E-state index contributed by atoms with van der Waals surface area (Å²) in [5.41, 5.74) is 6.40. The number of aromatic nitrogens is 2. The van der Waals surface area contributed by atoms with Crippen LogP contribution >= 0.6 is 23.7 Å². The van der Waals surface area contributed by atoms with Gasteiger partial charge in [0, 0.05) is 6.07 Å². The molecule has 0 bridgehead atoms. The zero-order chi connectivity index (χ0) is 11.5. The van der Waals surface area contributed by atoms with Gasteiger partial charge in [-0.1, -0.05) is 11.3 Å². The molecule has 5 nitrogen and oxygen atoms in total. The average molecular weight is 274 g/mol. The number of nitrogens with two attached hydrogens (primary N) is 1. The molecule has 0 aliphatic carbocycles. The van der Waals surface area contributed by atoms with Crippen molar-refractivity contribution < 1.29 is 9.47 Å². The second-order valence-electron chi connectivity index (χ2n) is 3.01. The molecule has 1 heterocycles. The fraction of sp³-hybridized carbons (Fsp3) is 0.200. The summed E-state index contributed by atoms with van der Waals surface area (Å²) >= 11 is 1.32. The first-order valence-corrected chi connectivity index (χ1v) is 5.37. The van der Waals surface area contributed by atoms with E-state index in [1.165, 1.54) is 11.3 Å². The number of benzene rings is 1. The van der Waals surface area contributed by atoms with E-state index in [-0.39, 0.29) is 12.4 Å². The summed E-state index contributed by atoms with van der Waals surface area (Å²) in [7, 11) is 3.21. The molecule has 17 heavy (non-hydrogen) atoms. The van der Waals surface area contributed by atoms with Crippen molar-refractivity contribution >= 4 is 28.9 Å². The lowest BCUT2D eigenvalue weighted by Gasteiger charge is -2.07. The highest BCUT2D eigenvalue weighted by atomic mass is 35.5. The molecular formula is C10H12ClN3O2S.